The predicted molar refractivity (Wildman–Crippen MR) is 81.8 cm³/mol. The minimum atomic E-state index is -0.0122. The van der Waals surface area contributed by atoms with Crippen LogP contribution in [0.5, 0.6) is 0 Å². The summed E-state index contributed by atoms with van der Waals surface area (Å²) in [5, 5.41) is 9.58. The molecule has 0 atom stereocenters. The van der Waals surface area contributed by atoms with Crippen LogP contribution in [0.25, 0.3) is 0 Å². The van der Waals surface area contributed by atoms with E-state index in [0.717, 1.165) is 42.1 Å². The molecule has 1 aromatic heterocycles. The van der Waals surface area contributed by atoms with Gasteiger partial charge in [-0.15, -0.1) is 0 Å². The minimum Gasteiger partial charge on any atom is -0.390 e. The van der Waals surface area contributed by atoms with E-state index in [1.165, 1.54) is 12.8 Å². The smallest absolute Gasteiger partial charge is 0.131 e. The third-order valence-corrected chi connectivity index (χ3v) is 4.35. The molecule has 112 valence electrons. The zero-order valence-electron chi connectivity index (χ0n) is 13.1. The van der Waals surface area contributed by atoms with Crippen LogP contribution in [0.1, 0.15) is 58.0 Å². The number of aliphatic hydroxyl groups excluding tert-OH is 1. The van der Waals surface area contributed by atoms with Crippen molar-refractivity contribution in [3.63, 3.8) is 0 Å². The van der Waals surface area contributed by atoms with Gasteiger partial charge in [0.15, 0.2) is 0 Å². The topological polar surface area (TPSA) is 49.2 Å². The fourth-order valence-corrected chi connectivity index (χ4v) is 2.89. The van der Waals surface area contributed by atoms with Crippen molar-refractivity contribution in [1.82, 2.24) is 9.97 Å². The van der Waals surface area contributed by atoms with Crippen molar-refractivity contribution in [3.05, 3.63) is 17.7 Å². The van der Waals surface area contributed by atoms with Gasteiger partial charge in [-0.05, 0) is 24.7 Å². The van der Waals surface area contributed by atoms with Crippen LogP contribution in [0.2, 0.25) is 0 Å². The van der Waals surface area contributed by atoms with Crippen LogP contribution in [0.15, 0.2) is 6.20 Å². The van der Waals surface area contributed by atoms with Crippen molar-refractivity contribution in [3.8, 4) is 0 Å². The first kappa shape index (κ1) is 15.2. The quantitative estimate of drug-likeness (QED) is 0.919. The Morgan fingerprint density at radius 2 is 1.90 bits per heavy atom. The molecule has 0 aliphatic carbocycles. The maximum atomic E-state index is 9.58. The number of nitrogens with zero attached hydrogens (tertiary/aromatic N) is 3. The molecule has 0 aromatic carbocycles. The van der Waals surface area contributed by atoms with Gasteiger partial charge in [0, 0.05) is 19.0 Å². The number of aromatic nitrogens is 2. The van der Waals surface area contributed by atoms with Gasteiger partial charge in [-0.25, -0.2) is 9.97 Å². The molecular formula is C16H27N3O. The standard InChI is InChI=1S/C16H27N3O/c1-11(2)13-5-7-19(8-6-13)15-9-17-16(12(3)4)18-14(15)10-20/h9,11-13,20H,5-8,10H2,1-4H3. The third-order valence-electron chi connectivity index (χ3n) is 4.35. The van der Waals surface area contributed by atoms with Crippen LogP contribution in [-0.4, -0.2) is 28.2 Å². The number of anilines is 1. The highest BCUT2D eigenvalue weighted by Crippen LogP contribution is 2.29. The summed E-state index contributed by atoms with van der Waals surface area (Å²) >= 11 is 0. The first-order chi connectivity index (χ1) is 9.52. The number of hydrogen-bond donors (Lipinski definition) is 1. The monoisotopic (exact) mass is 277 g/mol. The van der Waals surface area contributed by atoms with Crippen LogP contribution in [0, 0.1) is 11.8 Å². The van der Waals surface area contributed by atoms with E-state index in [2.05, 4.69) is 42.6 Å². The summed E-state index contributed by atoms with van der Waals surface area (Å²) in [5.74, 6) is 2.68. The molecule has 20 heavy (non-hydrogen) atoms. The van der Waals surface area contributed by atoms with Crippen molar-refractivity contribution in [1.29, 1.82) is 0 Å². The van der Waals surface area contributed by atoms with Gasteiger partial charge in [0.1, 0.15) is 5.82 Å². The Morgan fingerprint density at radius 3 is 2.40 bits per heavy atom. The van der Waals surface area contributed by atoms with E-state index in [0.29, 0.717) is 5.92 Å². The van der Waals surface area contributed by atoms with Gasteiger partial charge < -0.3 is 10.0 Å². The summed E-state index contributed by atoms with van der Waals surface area (Å²) < 4.78 is 0. The van der Waals surface area contributed by atoms with Gasteiger partial charge in [-0.1, -0.05) is 27.7 Å². The van der Waals surface area contributed by atoms with Crippen molar-refractivity contribution < 1.29 is 5.11 Å². The van der Waals surface area contributed by atoms with Crippen LogP contribution >= 0.6 is 0 Å². The van der Waals surface area contributed by atoms with E-state index < -0.39 is 0 Å². The number of hydrogen-bond acceptors (Lipinski definition) is 4. The molecule has 4 heteroatoms. The van der Waals surface area contributed by atoms with Gasteiger partial charge in [0.05, 0.1) is 24.2 Å². The fraction of sp³-hybridized carbons (Fsp3) is 0.750. The summed E-state index contributed by atoms with van der Waals surface area (Å²) in [4.78, 5) is 11.3. The molecule has 1 N–H and O–H groups in total. The van der Waals surface area contributed by atoms with Gasteiger partial charge in [0.25, 0.3) is 0 Å². The molecule has 0 radical (unpaired) electrons. The molecule has 0 saturated carbocycles. The average Bonchev–Trinajstić information content (AvgIpc) is 2.46. The molecule has 0 amide bonds. The Kier molecular flexibility index (Phi) is 4.97. The fourth-order valence-electron chi connectivity index (χ4n) is 2.89. The van der Waals surface area contributed by atoms with E-state index in [-0.39, 0.29) is 6.61 Å². The first-order valence-electron chi connectivity index (χ1n) is 7.74. The van der Waals surface area contributed by atoms with Crippen LogP contribution in [0.3, 0.4) is 0 Å². The maximum absolute atomic E-state index is 9.58. The van der Waals surface area contributed by atoms with Gasteiger partial charge in [-0.2, -0.15) is 0 Å². The normalized spacial score (nSPS) is 17.2. The van der Waals surface area contributed by atoms with Crippen molar-refractivity contribution in [2.75, 3.05) is 18.0 Å². The van der Waals surface area contributed by atoms with Gasteiger partial charge in [0.2, 0.25) is 0 Å². The number of piperidine rings is 1. The lowest BCUT2D eigenvalue weighted by Gasteiger charge is -2.35. The van der Waals surface area contributed by atoms with Crippen molar-refractivity contribution >= 4 is 5.69 Å². The average molecular weight is 277 g/mol. The number of aliphatic hydroxyl groups is 1. The molecule has 1 aromatic rings. The highest BCUT2D eigenvalue weighted by atomic mass is 16.3. The van der Waals surface area contributed by atoms with Crippen LogP contribution < -0.4 is 4.90 Å². The van der Waals surface area contributed by atoms with E-state index in [1.807, 2.05) is 6.20 Å². The Hall–Kier alpha value is -1.16. The van der Waals surface area contributed by atoms with E-state index >= 15 is 0 Å². The second-order valence-electron chi connectivity index (χ2n) is 6.44. The maximum Gasteiger partial charge on any atom is 0.131 e. The third kappa shape index (κ3) is 3.29. The molecule has 1 aliphatic rings. The van der Waals surface area contributed by atoms with E-state index in [1.54, 1.807) is 0 Å². The summed E-state index contributed by atoms with van der Waals surface area (Å²) in [6.45, 7) is 10.8. The molecule has 2 heterocycles. The van der Waals surface area contributed by atoms with Gasteiger partial charge in [-0.3, -0.25) is 0 Å². The predicted octanol–water partition coefficient (Wildman–Crippen LogP) is 2.96. The second kappa shape index (κ2) is 6.53. The van der Waals surface area contributed by atoms with E-state index in [9.17, 15) is 5.11 Å². The summed E-state index contributed by atoms with van der Waals surface area (Å²) in [7, 11) is 0. The summed E-state index contributed by atoms with van der Waals surface area (Å²) in [5.41, 5.74) is 1.78. The lowest BCUT2D eigenvalue weighted by Crippen LogP contribution is -2.36. The minimum absolute atomic E-state index is 0.0122. The van der Waals surface area contributed by atoms with Gasteiger partial charge >= 0.3 is 0 Å². The Morgan fingerprint density at radius 1 is 1.25 bits per heavy atom. The molecule has 1 aliphatic heterocycles. The number of rotatable bonds is 4. The first-order valence-corrected chi connectivity index (χ1v) is 7.74. The lowest BCUT2D eigenvalue weighted by molar-refractivity contribution is 0.274. The van der Waals surface area contributed by atoms with Crippen LogP contribution in [-0.2, 0) is 6.61 Å². The highest BCUT2D eigenvalue weighted by molar-refractivity contribution is 5.49. The molecular weight excluding hydrogens is 250 g/mol. The Labute approximate surface area is 122 Å². The largest absolute Gasteiger partial charge is 0.390 e. The molecule has 2 rings (SSSR count). The zero-order chi connectivity index (χ0) is 14.7. The molecule has 0 spiro atoms. The Balaban J connectivity index is 2.13. The highest BCUT2D eigenvalue weighted by Gasteiger charge is 2.23. The Bertz CT molecular complexity index is 437. The lowest BCUT2D eigenvalue weighted by atomic mass is 9.86. The molecule has 1 fully saturated rings. The second-order valence-corrected chi connectivity index (χ2v) is 6.44. The SMILES string of the molecule is CC(C)c1ncc(N2CCC(C(C)C)CC2)c(CO)n1. The van der Waals surface area contributed by atoms with Crippen molar-refractivity contribution in [2.45, 2.75) is 53.1 Å². The molecule has 0 bridgehead atoms. The molecule has 0 unspecified atom stereocenters. The molecule has 1 saturated heterocycles. The van der Waals surface area contributed by atoms with Crippen molar-refractivity contribution in [2.24, 2.45) is 11.8 Å². The van der Waals surface area contributed by atoms with E-state index in [4.69, 9.17) is 0 Å². The summed E-state index contributed by atoms with van der Waals surface area (Å²) in [6.07, 6.45) is 4.33. The summed E-state index contributed by atoms with van der Waals surface area (Å²) in [6, 6.07) is 0. The zero-order valence-corrected chi connectivity index (χ0v) is 13.1. The molecule has 4 nitrogen and oxygen atoms in total. The van der Waals surface area contributed by atoms with Crippen LogP contribution in [0.4, 0.5) is 5.69 Å².